The van der Waals surface area contributed by atoms with E-state index in [4.69, 9.17) is 0 Å². The highest BCUT2D eigenvalue weighted by Gasteiger charge is 2.17. The molecule has 1 nitrogen and oxygen atoms in total. The van der Waals surface area contributed by atoms with E-state index in [0.29, 0.717) is 0 Å². The Balaban J connectivity index is 2.23. The minimum absolute atomic E-state index is 0.757. The molecule has 0 spiro atoms. The molecule has 1 saturated heterocycles. The highest BCUT2D eigenvalue weighted by molar-refractivity contribution is 4.78. The first-order chi connectivity index (χ1) is 5.18. The van der Waals surface area contributed by atoms with E-state index in [1.165, 1.54) is 25.7 Å². The van der Waals surface area contributed by atoms with Crippen molar-refractivity contribution in [1.29, 1.82) is 0 Å². The summed E-state index contributed by atoms with van der Waals surface area (Å²) in [6, 6.07) is 1.56. The summed E-state index contributed by atoms with van der Waals surface area (Å²) in [6.45, 7) is 6.91. The molecule has 1 aliphatic heterocycles. The van der Waals surface area contributed by atoms with Crippen LogP contribution in [0.25, 0.3) is 0 Å². The van der Waals surface area contributed by atoms with E-state index in [9.17, 15) is 0 Å². The number of hydrogen-bond donors (Lipinski definition) is 1. The molecule has 1 aliphatic rings. The van der Waals surface area contributed by atoms with Crippen LogP contribution in [0.15, 0.2) is 0 Å². The minimum atomic E-state index is 0.757. The van der Waals surface area contributed by atoms with Crippen molar-refractivity contribution >= 4 is 0 Å². The van der Waals surface area contributed by atoms with Crippen LogP contribution in [0.3, 0.4) is 0 Å². The smallest absolute Gasteiger partial charge is 0.00719 e. The Hall–Kier alpha value is -0.0400. The van der Waals surface area contributed by atoms with Crippen LogP contribution >= 0.6 is 0 Å². The normalized spacial score (nSPS) is 32.7. The summed E-state index contributed by atoms with van der Waals surface area (Å²) < 4.78 is 0. The molecular weight excluding hydrogens is 134 g/mol. The van der Waals surface area contributed by atoms with Gasteiger partial charge in [-0.15, -0.1) is 0 Å². The van der Waals surface area contributed by atoms with Crippen molar-refractivity contribution in [1.82, 2.24) is 5.32 Å². The summed E-state index contributed by atoms with van der Waals surface area (Å²) in [5, 5.41) is 3.65. The standard InChI is InChI=1S/C10H21N/c1-8(2)7-10-6-4-5-9(3)11-10/h8-11H,4-7H2,1-3H3/t9-,10+/m1/s1. The van der Waals surface area contributed by atoms with E-state index in [1.807, 2.05) is 0 Å². The lowest BCUT2D eigenvalue weighted by molar-refractivity contribution is 0.298. The molecule has 11 heavy (non-hydrogen) atoms. The monoisotopic (exact) mass is 155 g/mol. The predicted molar refractivity (Wildman–Crippen MR) is 49.7 cm³/mol. The zero-order chi connectivity index (χ0) is 8.27. The molecule has 0 aromatic heterocycles. The van der Waals surface area contributed by atoms with Crippen molar-refractivity contribution in [2.75, 3.05) is 0 Å². The van der Waals surface area contributed by atoms with Crippen LogP contribution in [-0.4, -0.2) is 12.1 Å². The van der Waals surface area contributed by atoms with E-state index in [1.54, 1.807) is 0 Å². The fraction of sp³-hybridized carbons (Fsp3) is 1.00. The van der Waals surface area contributed by atoms with Gasteiger partial charge in [-0.05, 0) is 32.1 Å². The van der Waals surface area contributed by atoms with Crippen LogP contribution in [0, 0.1) is 5.92 Å². The first kappa shape index (κ1) is 9.05. The molecule has 0 aliphatic carbocycles. The van der Waals surface area contributed by atoms with Crippen LogP contribution in [0.5, 0.6) is 0 Å². The lowest BCUT2D eigenvalue weighted by Gasteiger charge is -2.29. The maximum absolute atomic E-state index is 3.65. The number of nitrogens with one attached hydrogen (secondary N) is 1. The zero-order valence-electron chi connectivity index (χ0n) is 8.06. The summed E-state index contributed by atoms with van der Waals surface area (Å²) in [7, 11) is 0. The number of piperidine rings is 1. The van der Waals surface area contributed by atoms with Gasteiger partial charge in [-0.25, -0.2) is 0 Å². The van der Waals surface area contributed by atoms with Crippen LogP contribution in [-0.2, 0) is 0 Å². The molecule has 1 rings (SSSR count). The summed E-state index contributed by atoms with van der Waals surface area (Å²) >= 11 is 0. The van der Waals surface area contributed by atoms with Crippen LogP contribution in [0.2, 0.25) is 0 Å². The van der Waals surface area contributed by atoms with Crippen molar-refractivity contribution in [2.45, 2.75) is 58.5 Å². The SMILES string of the molecule is CC(C)C[C@@H]1CCC[C@@H](C)N1. The van der Waals surface area contributed by atoms with Gasteiger partial charge < -0.3 is 5.32 Å². The van der Waals surface area contributed by atoms with Crippen molar-refractivity contribution in [3.05, 3.63) is 0 Å². The molecule has 0 saturated carbocycles. The lowest BCUT2D eigenvalue weighted by atomic mass is 9.93. The Bertz CT molecular complexity index is 107. The third kappa shape index (κ3) is 3.24. The molecule has 0 amide bonds. The Morgan fingerprint density at radius 3 is 2.64 bits per heavy atom. The first-order valence-corrected chi connectivity index (χ1v) is 4.94. The van der Waals surface area contributed by atoms with Gasteiger partial charge in [0.1, 0.15) is 0 Å². The summed E-state index contributed by atoms with van der Waals surface area (Å²) in [4.78, 5) is 0. The Morgan fingerprint density at radius 1 is 1.36 bits per heavy atom. The van der Waals surface area contributed by atoms with Crippen LogP contribution in [0.1, 0.15) is 46.5 Å². The molecule has 0 aromatic carbocycles. The summed E-state index contributed by atoms with van der Waals surface area (Å²) in [6.07, 6.45) is 5.53. The third-order valence-electron chi connectivity index (χ3n) is 2.47. The second kappa shape index (κ2) is 4.10. The highest BCUT2D eigenvalue weighted by atomic mass is 15.0. The number of rotatable bonds is 2. The van der Waals surface area contributed by atoms with Gasteiger partial charge >= 0.3 is 0 Å². The van der Waals surface area contributed by atoms with Gasteiger partial charge in [0.2, 0.25) is 0 Å². The van der Waals surface area contributed by atoms with E-state index in [2.05, 4.69) is 26.1 Å². The van der Waals surface area contributed by atoms with E-state index in [-0.39, 0.29) is 0 Å². The van der Waals surface area contributed by atoms with Gasteiger partial charge in [0.25, 0.3) is 0 Å². The Kier molecular flexibility index (Phi) is 3.38. The lowest BCUT2D eigenvalue weighted by Crippen LogP contribution is -2.41. The van der Waals surface area contributed by atoms with Crippen LogP contribution in [0.4, 0.5) is 0 Å². The van der Waals surface area contributed by atoms with Gasteiger partial charge in [-0.1, -0.05) is 20.3 Å². The van der Waals surface area contributed by atoms with Crippen LogP contribution < -0.4 is 5.32 Å². The van der Waals surface area contributed by atoms with Gasteiger partial charge in [-0.2, -0.15) is 0 Å². The van der Waals surface area contributed by atoms with Gasteiger partial charge in [-0.3, -0.25) is 0 Å². The summed E-state index contributed by atoms with van der Waals surface area (Å²) in [5.74, 6) is 0.845. The van der Waals surface area contributed by atoms with Gasteiger partial charge in [0.15, 0.2) is 0 Å². The Labute approximate surface area is 70.6 Å². The van der Waals surface area contributed by atoms with Crippen molar-refractivity contribution in [2.24, 2.45) is 5.92 Å². The maximum atomic E-state index is 3.65. The molecular formula is C10H21N. The molecule has 66 valence electrons. The average Bonchev–Trinajstić information content (AvgIpc) is 1.85. The molecule has 0 aromatic rings. The molecule has 2 atom stereocenters. The highest BCUT2D eigenvalue weighted by Crippen LogP contribution is 2.17. The number of hydrogen-bond acceptors (Lipinski definition) is 1. The Morgan fingerprint density at radius 2 is 2.09 bits per heavy atom. The average molecular weight is 155 g/mol. The maximum Gasteiger partial charge on any atom is 0.00719 e. The quantitative estimate of drug-likeness (QED) is 0.646. The van der Waals surface area contributed by atoms with E-state index >= 15 is 0 Å². The molecule has 0 radical (unpaired) electrons. The molecule has 0 bridgehead atoms. The third-order valence-corrected chi connectivity index (χ3v) is 2.47. The molecule has 1 heteroatoms. The van der Waals surface area contributed by atoms with E-state index < -0.39 is 0 Å². The minimum Gasteiger partial charge on any atom is -0.311 e. The fourth-order valence-electron chi connectivity index (χ4n) is 1.99. The zero-order valence-corrected chi connectivity index (χ0v) is 8.06. The molecule has 1 N–H and O–H groups in total. The van der Waals surface area contributed by atoms with Crippen molar-refractivity contribution in [3.8, 4) is 0 Å². The molecule has 1 heterocycles. The second-order valence-corrected chi connectivity index (χ2v) is 4.33. The van der Waals surface area contributed by atoms with Gasteiger partial charge in [0.05, 0.1) is 0 Å². The molecule has 1 fully saturated rings. The fourth-order valence-corrected chi connectivity index (χ4v) is 1.99. The largest absolute Gasteiger partial charge is 0.311 e. The second-order valence-electron chi connectivity index (χ2n) is 4.33. The first-order valence-electron chi connectivity index (χ1n) is 4.94. The topological polar surface area (TPSA) is 12.0 Å². The van der Waals surface area contributed by atoms with Crippen molar-refractivity contribution in [3.63, 3.8) is 0 Å². The predicted octanol–water partition coefficient (Wildman–Crippen LogP) is 2.56. The summed E-state index contributed by atoms with van der Waals surface area (Å²) in [5.41, 5.74) is 0. The van der Waals surface area contributed by atoms with E-state index in [0.717, 1.165) is 18.0 Å². The van der Waals surface area contributed by atoms with Gasteiger partial charge in [0, 0.05) is 12.1 Å². The van der Waals surface area contributed by atoms with Crippen molar-refractivity contribution < 1.29 is 0 Å². The molecule has 0 unspecified atom stereocenters.